The zero-order valence-electron chi connectivity index (χ0n) is 59.6. The van der Waals surface area contributed by atoms with E-state index >= 15 is 0 Å². The van der Waals surface area contributed by atoms with Crippen LogP contribution in [-0.2, 0) is 28.4 Å². The Kier molecular flexibility index (Phi) is 23.0. The molecule has 3 aromatic heterocycles. The average molecular weight is 1410 g/mol. The Labute approximate surface area is 586 Å². The highest BCUT2D eigenvalue weighted by atomic mass is 79.9. The fraction of sp³-hybridized carbons (Fsp3) is 0.741. The molecular formula is C81H118BrN3O12. The number of ether oxygens (including phenoxy) is 8. The monoisotopic (exact) mass is 1400 g/mol. The molecule has 0 radical (unpaired) electrons. The summed E-state index contributed by atoms with van der Waals surface area (Å²) in [6.07, 6.45) is 38.4. The van der Waals surface area contributed by atoms with Crippen LogP contribution in [0.25, 0.3) is 0 Å². The van der Waals surface area contributed by atoms with Crippen molar-refractivity contribution in [2.45, 2.75) is 252 Å². The van der Waals surface area contributed by atoms with Gasteiger partial charge in [-0.05, 0) is 205 Å². The molecule has 15 nitrogen and oxygen atoms in total. The molecule has 0 bridgehead atoms. The second-order valence-corrected chi connectivity index (χ2v) is 34.3. The molecule has 0 spiro atoms. The van der Waals surface area contributed by atoms with Crippen molar-refractivity contribution in [2.24, 2.45) is 85.8 Å². The van der Waals surface area contributed by atoms with E-state index in [9.17, 15) is 14.4 Å². The van der Waals surface area contributed by atoms with Crippen molar-refractivity contribution in [2.75, 3.05) is 38.4 Å². The van der Waals surface area contributed by atoms with Crippen LogP contribution in [0.3, 0.4) is 0 Å². The molecule has 15 rings (SSSR count). The summed E-state index contributed by atoms with van der Waals surface area (Å²) in [4.78, 5) is 41.0. The fourth-order valence-corrected chi connectivity index (χ4v) is 23.2. The van der Waals surface area contributed by atoms with E-state index in [1.54, 1.807) is 12.4 Å². The van der Waals surface area contributed by atoms with E-state index < -0.39 is 0 Å². The van der Waals surface area contributed by atoms with Crippen LogP contribution in [0.15, 0.2) is 106 Å². The van der Waals surface area contributed by atoms with Gasteiger partial charge in [0.25, 0.3) is 16.7 Å². The highest BCUT2D eigenvalue weighted by Crippen LogP contribution is 2.67. The molecule has 4 N–H and O–H groups in total. The summed E-state index contributed by atoms with van der Waals surface area (Å²) in [7, 11) is 0. The Balaban J connectivity index is 0.000000132. The third kappa shape index (κ3) is 15.2. The first kappa shape index (κ1) is 72.5. The predicted octanol–water partition coefficient (Wildman–Crippen LogP) is 17.1. The maximum atomic E-state index is 11.5. The van der Waals surface area contributed by atoms with E-state index in [1.165, 1.54) is 176 Å². The van der Waals surface area contributed by atoms with Crippen molar-refractivity contribution in [1.29, 1.82) is 0 Å². The Bertz CT molecular complexity index is 3200. The van der Waals surface area contributed by atoms with Gasteiger partial charge in [-0.3, -0.25) is 14.4 Å². The Morgan fingerprint density at radius 2 is 0.773 bits per heavy atom. The van der Waals surface area contributed by atoms with Crippen molar-refractivity contribution in [3.05, 3.63) is 123 Å². The fourth-order valence-electron chi connectivity index (χ4n) is 22.7. The maximum Gasteiger partial charge on any atom is 0.251 e. The van der Waals surface area contributed by atoms with Crippen LogP contribution in [0, 0.1) is 85.8 Å². The van der Waals surface area contributed by atoms with E-state index in [1.807, 2.05) is 12.1 Å². The lowest BCUT2D eigenvalue weighted by atomic mass is 9.46. The van der Waals surface area contributed by atoms with Gasteiger partial charge < -0.3 is 58.0 Å². The Morgan fingerprint density at radius 3 is 1.07 bits per heavy atom. The highest BCUT2D eigenvalue weighted by Gasteiger charge is 2.64. The van der Waals surface area contributed by atoms with Crippen molar-refractivity contribution >= 4 is 15.9 Å². The van der Waals surface area contributed by atoms with E-state index in [2.05, 4.69) is 92.2 Å². The predicted molar refractivity (Wildman–Crippen MR) is 384 cm³/mol. The van der Waals surface area contributed by atoms with Gasteiger partial charge in [0.1, 0.15) is 17.2 Å². The third-order valence-electron chi connectivity index (χ3n) is 27.9. The number of hydrogen-bond acceptors (Lipinski definition) is 12. The van der Waals surface area contributed by atoms with Crippen LogP contribution >= 0.6 is 15.9 Å². The number of halogens is 1. The first-order valence-corrected chi connectivity index (χ1v) is 39.1. The first-order chi connectivity index (χ1) is 46.6. The molecular weight excluding hydrogens is 1290 g/mol. The van der Waals surface area contributed by atoms with Gasteiger partial charge in [0.05, 0.1) is 51.3 Å². The zero-order valence-corrected chi connectivity index (χ0v) is 61.2. The zero-order chi connectivity index (χ0) is 68.3. The normalized spacial score (nSPS) is 39.6. The van der Waals surface area contributed by atoms with Gasteiger partial charge in [-0.1, -0.05) is 132 Å². The molecule has 0 aromatic carbocycles. The SMILES string of the molecule is C=C1CCC2[C@]3(C)CO[C@@H](C4CCCC4)O[C@@H]3CC[C@@]2(C)[C@@H]1CCBr.C=C1CCC2[C@]3(C)CO[C@@H](C4CCCC4)O[C@@H]3CC[C@@]2(C)[C@@H]1CCOc1cc[nH]c(=O)c1.C=C1CCC2[C@]3(C)CO[C@@H](C4CCCC4)O[C@@H]3CC[C@@]2(C)[C@@H]1CCOc1cc[nH]c(=O)c1.O=c1cc(O)cc[nH]1. The number of allylic oxidation sites excluding steroid dienone is 3. The number of aromatic hydroxyl groups is 1. The lowest BCUT2D eigenvalue weighted by Gasteiger charge is -2.63. The van der Waals surface area contributed by atoms with Gasteiger partial charge >= 0.3 is 0 Å². The highest BCUT2D eigenvalue weighted by molar-refractivity contribution is 9.09. The third-order valence-corrected chi connectivity index (χ3v) is 28.3. The van der Waals surface area contributed by atoms with Crippen molar-refractivity contribution in [3.63, 3.8) is 0 Å². The number of fused-ring (bicyclic) bond motifs is 9. The van der Waals surface area contributed by atoms with Crippen LogP contribution in [0.2, 0.25) is 0 Å². The van der Waals surface area contributed by atoms with Gasteiger partial charge in [0, 0.05) is 76.1 Å². The van der Waals surface area contributed by atoms with Crippen LogP contribution in [0.1, 0.15) is 215 Å². The van der Waals surface area contributed by atoms with Crippen LogP contribution in [0.5, 0.6) is 17.2 Å². The molecule has 3 aromatic rings. The summed E-state index contributed by atoms with van der Waals surface area (Å²) in [5.74, 6) is 6.42. The number of pyridine rings is 3. The summed E-state index contributed by atoms with van der Waals surface area (Å²) in [5, 5.41) is 9.67. The lowest BCUT2D eigenvalue weighted by molar-refractivity contribution is -0.316. The smallest absolute Gasteiger partial charge is 0.251 e. The molecule has 536 valence electrons. The summed E-state index contributed by atoms with van der Waals surface area (Å²) in [5.41, 5.74) is 4.70. The molecule has 18 atom stereocenters. The van der Waals surface area contributed by atoms with Crippen molar-refractivity contribution in [1.82, 2.24) is 15.0 Å². The minimum Gasteiger partial charge on any atom is -0.508 e. The second kappa shape index (κ2) is 30.7. The summed E-state index contributed by atoms with van der Waals surface area (Å²) in [6.45, 7) is 32.0. The van der Waals surface area contributed by atoms with Gasteiger partial charge in [0.2, 0.25) is 0 Å². The van der Waals surface area contributed by atoms with Gasteiger partial charge in [0.15, 0.2) is 18.9 Å². The van der Waals surface area contributed by atoms with Crippen molar-refractivity contribution < 1.29 is 43.0 Å². The molecule has 9 saturated carbocycles. The average Bonchev–Trinajstić information content (AvgIpc) is 1.02. The molecule has 12 aliphatic rings. The Hall–Kier alpha value is -4.29. The topological polar surface area (TPSA) is 193 Å². The van der Waals surface area contributed by atoms with Gasteiger partial charge in [-0.15, -0.1) is 0 Å². The van der Waals surface area contributed by atoms with E-state index in [4.69, 9.17) is 43.0 Å². The summed E-state index contributed by atoms with van der Waals surface area (Å²) < 4.78 is 51.2. The molecule has 3 saturated heterocycles. The summed E-state index contributed by atoms with van der Waals surface area (Å²) >= 11 is 3.69. The quantitative estimate of drug-likeness (QED) is 0.0936. The largest absolute Gasteiger partial charge is 0.508 e. The lowest BCUT2D eigenvalue weighted by Crippen LogP contribution is -2.62. The number of hydrogen-bond donors (Lipinski definition) is 4. The van der Waals surface area contributed by atoms with Gasteiger partial charge in [-0.25, -0.2) is 0 Å². The number of aromatic amines is 3. The number of aromatic nitrogens is 3. The number of H-pyrrole nitrogens is 3. The molecule has 97 heavy (non-hydrogen) atoms. The maximum absolute atomic E-state index is 11.5. The number of nitrogens with one attached hydrogen (secondary N) is 3. The molecule has 3 aliphatic heterocycles. The molecule has 16 heteroatoms. The van der Waals surface area contributed by atoms with Gasteiger partial charge in [-0.2, -0.15) is 0 Å². The van der Waals surface area contributed by atoms with Crippen LogP contribution in [-0.4, -0.2) is 95.6 Å². The molecule has 12 fully saturated rings. The Morgan fingerprint density at radius 1 is 0.454 bits per heavy atom. The van der Waals surface area contributed by atoms with E-state index in [-0.39, 0.29) is 68.4 Å². The molecule has 3 unspecified atom stereocenters. The van der Waals surface area contributed by atoms with E-state index in [0.717, 1.165) is 69.7 Å². The second-order valence-electron chi connectivity index (χ2n) is 33.5. The van der Waals surface area contributed by atoms with Crippen molar-refractivity contribution in [3.8, 4) is 17.2 Å². The molecule has 9 aliphatic carbocycles. The number of rotatable bonds is 13. The summed E-state index contributed by atoms with van der Waals surface area (Å²) in [6, 6.07) is 9.17. The van der Waals surface area contributed by atoms with E-state index in [0.29, 0.717) is 102 Å². The molecule has 6 heterocycles. The minimum atomic E-state index is -0.287. The van der Waals surface area contributed by atoms with Crippen LogP contribution in [0.4, 0.5) is 0 Å². The number of alkyl halides is 1. The first-order valence-electron chi connectivity index (χ1n) is 38.0. The van der Waals surface area contributed by atoms with Crippen LogP contribution < -0.4 is 26.2 Å². The minimum absolute atomic E-state index is 0.00579. The standard InChI is InChI=1S/2C27H39NO4.C22H35BrO2.C5H5NO2/c2*1-18-8-9-22-26(2,21(18)12-15-30-20-11-14-28-24(29)16-20)13-10-23-27(22,3)17-31-25(32-23)19-6-4-5-7-19;1-15-8-9-18-21(2,17(15)11-13-23)12-10-19-22(18,3)14-24-20(25-19)16-6-4-5-7-16;7-4-1-2-6-5(8)3-4/h2*11,14,16,19,21-23,25H,1,4-10,12-13,15,17H2,2-3H3,(H,28,29);16-20H,1,4-14H2,2-3H3;1-3H,(H2,6,7,8)/t2*21-,22?,23-,25-,26+,27+;17-,18?,19-,20-,21+,22+;/m111./s1. The molecule has 0 amide bonds.